The predicted molar refractivity (Wildman–Crippen MR) is 82.7 cm³/mol. The molecule has 1 fully saturated rings. The van der Waals surface area contributed by atoms with Crippen LogP contribution in [0.4, 0.5) is 4.39 Å². The number of rotatable bonds is 5. The Balaban J connectivity index is 1.82. The Morgan fingerprint density at radius 2 is 1.95 bits per heavy atom. The van der Waals surface area contributed by atoms with E-state index in [1.165, 1.54) is 6.07 Å². The average Bonchev–Trinajstić information content (AvgIpc) is 2.55. The maximum Gasteiger partial charge on any atom is 0.227 e. The molecule has 4 nitrogen and oxygen atoms in total. The van der Waals surface area contributed by atoms with E-state index in [1.54, 1.807) is 23.1 Å². The van der Waals surface area contributed by atoms with Crippen molar-refractivity contribution in [2.45, 2.75) is 32.6 Å². The van der Waals surface area contributed by atoms with Crippen molar-refractivity contribution in [2.24, 2.45) is 5.92 Å². The zero-order valence-electron chi connectivity index (χ0n) is 13.0. The Labute approximate surface area is 130 Å². The number of halogens is 1. The fraction of sp³-hybridized carbons (Fsp3) is 0.529. The van der Waals surface area contributed by atoms with Crippen LogP contribution in [0.1, 0.15) is 31.7 Å². The second-order valence-corrected chi connectivity index (χ2v) is 5.71. The quantitative estimate of drug-likeness (QED) is 0.906. The van der Waals surface area contributed by atoms with Crippen molar-refractivity contribution in [3.05, 3.63) is 35.6 Å². The van der Waals surface area contributed by atoms with E-state index in [4.69, 9.17) is 0 Å². The molecular weight excluding hydrogens is 283 g/mol. The summed E-state index contributed by atoms with van der Waals surface area (Å²) in [5.74, 6) is -0.339. The van der Waals surface area contributed by atoms with Crippen LogP contribution in [0.15, 0.2) is 24.3 Å². The lowest BCUT2D eigenvalue weighted by atomic mass is 9.95. The zero-order valence-corrected chi connectivity index (χ0v) is 13.0. The summed E-state index contributed by atoms with van der Waals surface area (Å²) in [6.45, 7) is 3.85. The van der Waals surface area contributed by atoms with Gasteiger partial charge in [0, 0.05) is 25.6 Å². The van der Waals surface area contributed by atoms with E-state index in [1.807, 2.05) is 6.92 Å². The number of carbonyl (C=O) groups excluding carboxylic acids is 2. The Morgan fingerprint density at radius 1 is 1.27 bits per heavy atom. The molecule has 0 saturated carbocycles. The normalized spacial score (nSPS) is 15.6. The molecule has 1 aromatic carbocycles. The smallest absolute Gasteiger partial charge is 0.227 e. The summed E-state index contributed by atoms with van der Waals surface area (Å²) in [4.78, 5) is 25.9. The van der Waals surface area contributed by atoms with Gasteiger partial charge in [-0.05, 0) is 30.9 Å². The summed E-state index contributed by atoms with van der Waals surface area (Å²) in [5.41, 5.74) is 0.426. The fourth-order valence-corrected chi connectivity index (χ4v) is 2.70. The van der Waals surface area contributed by atoms with Crippen molar-refractivity contribution in [3.8, 4) is 0 Å². The molecule has 5 heteroatoms. The minimum atomic E-state index is -0.343. The highest BCUT2D eigenvalue weighted by atomic mass is 19.1. The molecule has 2 rings (SSSR count). The molecule has 1 aliphatic heterocycles. The number of nitrogens with zero attached hydrogens (tertiary/aromatic N) is 1. The molecule has 1 heterocycles. The fourth-order valence-electron chi connectivity index (χ4n) is 2.70. The van der Waals surface area contributed by atoms with E-state index in [9.17, 15) is 14.0 Å². The van der Waals surface area contributed by atoms with Crippen LogP contribution in [-0.2, 0) is 16.0 Å². The summed E-state index contributed by atoms with van der Waals surface area (Å²) in [6, 6.07) is 6.35. The van der Waals surface area contributed by atoms with Crippen LogP contribution in [0.3, 0.4) is 0 Å². The topological polar surface area (TPSA) is 49.4 Å². The van der Waals surface area contributed by atoms with Gasteiger partial charge in [-0.25, -0.2) is 4.39 Å². The van der Waals surface area contributed by atoms with Crippen LogP contribution in [0, 0.1) is 11.7 Å². The van der Waals surface area contributed by atoms with Crippen LogP contribution >= 0.6 is 0 Å². The second kappa shape index (κ2) is 7.92. The maximum absolute atomic E-state index is 13.6. The molecule has 120 valence electrons. The number of carbonyl (C=O) groups is 2. The number of piperidine rings is 1. The van der Waals surface area contributed by atoms with Crippen molar-refractivity contribution in [2.75, 3.05) is 19.6 Å². The highest BCUT2D eigenvalue weighted by Crippen LogP contribution is 2.19. The molecule has 22 heavy (non-hydrogen) atoms. The highest BCUT2D eigenvalue weighted by molar-refractivity contribution is 5.81. The summed E-state index contributed by atoms with van der Waals surface area (Å²) >= 11 is 0. The first kappa shape index (κ1) is 16.5. The Hall–Kier alpha value is -1.91. The molecule has 0 atom stereocenters. The molecule has 0 aliphatic carbocycles. The number of benzene rings is 1. The first-order valence-corrected chi connectivity index (χ1v) is 7.90. The lowest BCUT2D eigenvalue weighted by Gasteiger charge is -2.31. The highest BCUT2D eigenvalue weighted by Gasteiger charge is 2.27. The van der Waals surface area contributed by atoms with Crippen molar-refractivity contribution in [3.63, 3.8) is 0 Å². The maximum atomic E-state index is 13.6. The van der Waals surface area contributed by atoms with Gasteiger partial charge in [-0.15, -0.1) is 0 Å². The van der Waals surface area contributed by atoms with Gasteiger partial charge in [-0.3, -0.25) is 9.59 Å². The molecule has 1 saturated heterocycles. The average molecular weight is 306 g/mol. The van der Waals surface area contributed by atoms with E-state index in [0.29, 0.717) is 38.0 Å². The van der Waals surface area contributed by atoms with E-state index < -0.39 is 0 Å². The number of hydrogen-bond donors (Lipinski definition) is 1. The van der Waals surface area contributed by atoms with Crippen molar-refractivity contribution >= 4 is 11.8 Å². The van der Waals surface area contributed by atoms with Gasteiger partial charge in [0.25, 0.3) is 0 Å². The van der Waals surface area contributed by atoms with Crippen molar-refractivity contribution in [1.82, 2.24) is 10.2 Å². The predicted octanol–water partition coefficient (Wildman–Crippen LogP) is 2.13. The first-order valence-electron chi connectivity index (χ1n) is 7.90. The van der Waals surface area contributed by atoms with E-state index in [2.05, 4.69) is 5.32 Å². The largest absolute Gasteiger partial charge is 0.356 e. The van der Waals surface area contributed by atoms with E-state index >= 15 is 0 Å². The first-order chi connectivity index (χ1) is 10.6. The molecule has 0 unspecified atom stereocenters. The van der Waals surface area contributed by atoms with Crippen LogP contribution in [0.25, 0.3) is 0 Å². The molecule has 0 aromatic heterocycles. The third kappa shape index (κ3) is 4.29. The minimum absolute atomic E-state index is 0.0101. The number of nitrogens with one attached hydrogen (secondary N) is 1. The number of likely N-dealkylation sites (tertiary alicyclic amines) is 1. The molecule has 1 aromatic rings. The van der Waals surface area contributed by atoms with Gasteiger partial charge in [0.05, 0.1) is 6.42 Å². The van der Waals surface area contributed by atoms with E-state index in [0.717, 1.165) is 6.42 Å². The Morgan fingerprint density at radius 3 is 2.59 bits per heavy atom. The Kier molecular flexibility index (Phi) is 5.92. The van der Waals surface area contributed by atoms with Gasteiger partial charge in [-0.2, -0.15) is 0 Å². The van der Waals surface area contributed by atoms with Crippen LogP contribution < -0.4 is 5.32 Å². The van der Waals surface area contributed by atoms with Gasteiger partial charge >= 0.3 is 0 Å². The standard InChI is InChI=1S/C17H23FN2O2/c1-2-9-19-17(22)13-7-10-20(11-8-13)16(21)12-14-5-3-4-6-15(14)18/h3-6,13H,2,7-12H2,1H3,(H,19,22). The minimum Gasteiger partial charge on any atom is -0.356 e. The summed E-state index contributed by atoms with van der Waals surface area (Å²) < 4.78 is 13.6. The van der Waals surface area contributed by atoms with Gasteiger partial charge in [-0.1, -0.05) is 25.1 Å². The molecule has 2 amide bonds. The van der Waals surface area contributed by atoms with Crippen LogP contribution in [0.5, 0.6) is 0 Å². The van der Waals surface area contributed by atoms with Crippen LogP contribution in [-0.4, -0.2) is 36.3 Å². The third-order valence-electron chi connectivity index (χ3n) is 4.07. The van der Waals surface area contributed by atoms with Gasteiger partial charge < -0.3 is 10.2 Å². The van der Waals surface area contributed by atoms with Crippen molar-refractivity contribution in [1.29, 1.82) is 0 Å². The zero-order chi connectivity index (χ0) is 15.9. The summed E-state index contributed by atoms with van der Waals surface area (Å²) in [6.07, 6.45) is 2.36. The second-order valence-electron chi connectivity index (χ2n) is 5.71. The van der Waals surface area contributed by atoms with Gasteiger partial charge in [0.2, 0.25) is 11.8 Å². The SMILES string of the molecule is CCCNC(=O)C1CCN(C(=O)Cc2ccccc2F)CC1. The lowest BCUT2D eigenvalue weighted by molar-refractivity contribution is -0.135. The number of amides is 2. The lowest BCUT2D eigenvalue weighted by Crippen LogP contribution is -2.43. The summed E-state index contributed by atoms with van der Waals surface area (Å²) in [5, 5.41) is 2.90. The molecule has 0 bridgehead atoms. The molecular formula is C17H23FN2O2. The van der Waals surface area contributed by atoms with Crippen LogP contribution in [0.2, 0.25) is 0 Å². The number of hydrogen-bond acceptors (Lipinski definition) is 2. The molecule has 0 spiro atoms. The third-order valence-corrected chi connectivity index (χ3v) is 4.07. The molecule has 0 radical (unpaired) electrons. The van der Waals surface area contributed by atoms with E-state index in [-0.39, 0.29) is 30.0 Å². The van der Waals surface area contributed by atoms with Gasteiger partial charge in [0.1, 0.15) is 5.82 Å². The monoisotopic (exact) mass is 306 g/mol. The Bertz CT molecular complexity index is 525. The summed E-state index contributed by atoms with van der Waals surface area (Å²) in [7, 11) is 0. The molecule has 1 N–H and O–H groups in total. The van der Waals surface area contributed by atoms with Crippen molar-refractivity contribution < 1.29 is 14.0 Å². The molecule has 1 aliphatic rings. The van der Waals surface area contributed by atoms with Gasteiger partial charge in [0.15, 0.2) is 0 Å².